The van der Waals surface area contributed by atoms with Crippen molar-refractivity contribution in [3.05, 3.63) is 71.8 Å². The van der Waals surface area contributed by atoms with Gasteiger partial charge in [0.2, 0.25) is 0 Å². The fourth-order valence-corrected chi connectivity index (χ4v) is 2.64. The summed E-state index contributed by atoms with van der Waals surface area (Å²) in [6.45, 7) is -0.702. The lowest BCUT2D eigenvalue weighted by atomic mass is 9.82. The van der Waals surface area contributed by atoms with Crippen molar-refractivity contribution in [3.8, 4) is 0 Å². The van der Waals surface area contributed by atoms with Crippen LogP contribution in [0.4, 0.5) is 0 Å². The molecule has 124 valence electrons. The van der Waals surface area contributed by atoms with E-state index in [1.807, 2.05) is 60.7 Å². The van der Waals surface area contributed by atoms with Gasteiger partial charge in [-0.05, 0) is 11.1 Å². The molecule has 23 heavy (non-hydrogen) atoms. The summed E-state index contributed by atoms with van der Waals surface area (Å²) in [7, 11) is 0. The van der Waals surface area contributed by atoms with E-state index >= 15 is 0 Å². The van der Waals surface area contributed by atoms with Crippen LogP contribution in [-0.4, -0.2) is 56.6 Å². The number of hydrogen-bond donors (Lipinski definition) is 5. The van der Waals surface area contributed by atoms with Gasteiger partial charge >= 0.3 is 0 Å². The van der Waals surface area contributed by atoms with Crippen molar-refractivity contribution in [2.24, 2.45) is 0 Å². The van der Waals surface area contributed by atoms with Crippen LogP contribution in [0.2, 0.25) is 0 Å². The number of benzene rings is 2. The number of aliphatic hydroxyl groups excluding tert-OH is 5. The predicted octanol–water partition coefficient (Wildman–Crippen LogP) is 0.254. The molecular formula is C18H22O5. The van der Waals surface area contributed by atoms with Crippen LogP contribution in [-0.2, 0) is 0 Å². The molecule has 0 spiro atoms. The molecule has 0 aliphatic rings. The molecule has 5 N–H and O–H groups in total. The molecule has 0 saturated heterocycles. The lowest BCUT2D eigenvalue weighted by molar-refractivity contribution is -0.117. The van der Waals surface area contributed by atoms with E-state index in [-0.39, 0.29) is 0 Å². The maximum absolute atomic E-state index is 10.6. The van der Waals surface area contributed by atoms with Gasteiger partial charge in [-0.2, -0.15) is 0 Å². The average Bonchev–Trinajstić information content (AvgIpc) is 2.61. The van der Waals surface area contributed by atoms with Gasteiger partial charge in [0.05, 0.1) is 12.7 Å². The van der Waals surface area contributed by atoms with Crippen molar-refractivity contribution in [2.75, 3.05) is 6.61 Å². The highest BCUT2D eigenvalue weighted by Gasteiger charge is 2.36. The molecule has 4 atom stereocenters. The molecule has 0 radical (unpaired) electrons. The first-order valence-electron chi connectivity index (χ1n) is 7.49. The van der Waals surface area contributed by atoms with E-state index in [4.69, 9.17) is 5.11 Å². The second-order valence-corrected chi connectivity index (χ2v) is 5.52. The zero-order chi connectivity index (χ0) is 16.8. The Morgan fingerprint density at radius 3 is 1.43 bits per heavy atom. The summed E-state index contributed by atoms with van der Waals surface area (Å²) in [6, 6.07) is 18.3. The Balaban J connectivity index is 2.34. The van der Waals surface area contributed by atoms with Crippen LogP contribution in [0.25, 0.3) is 0 Å². The van der Waals surface area contributed by atoms with Crippen LogP contribution in [0.5, 0.6) is 0 Å². The summed E-state index contributed by atoms with van der Waals surface area (Å²) in [5, 5.41) is 49.1. The molecule has 2 aromatic rings. The van der Waals surface area contributed by atoms with E-state index in [1.54, 1.807) is 0 Å². The first-order chi connectivity index (χ1) is 11.1. The third kappa shape index (κ3) is 4.16. The first kappa shape index (κ1) is 17.6. The van der Waals surface area contributed by atoms with Gasteiger partial charge in [-0.25, -0.2) is 0 Å². The van der Waals surface area contributed by atoms with Crippen LogP contribution < -0.4 is 0 Å². The summed E-state index contributed by atoms with van der Waals surface area (Å²) < 4.78 is 0. The zero-order valence-electron chi connectivity index (χ0n) is 12.6. The van der Waals surface area contributed by atoms with Crippen molar-refractivity contribution in [3.63, 3.8) is 0 Å². The van der Waals surface area contributed by atoms with Crippen LogP contribution >= 0.6 is 0 Å². The van der Waals surface area contributed by atoms with Gasteiger partial charge in [-0.1, -0.05) is 60.7 Å². The summed E-state index contributed by atoms with van der Waals surface area (Å²) >= 11 is 0. The summed E-state index contributed by atoms with van der Waals surface area (Å²) in [4.78, 5) is 0. The third-order valence-electron chi connectivity index (χ3n) is 3.94. The maximum atomic E-state index is 10.6. The molecule has 0 heterocycles. The van der Waals surface area contributed by atoms with E-state index in [9.17, 15) is 20.4 Å². The highest BCUT2D eigenvalue weighted by Crippen LogP contribution is 2.30. The average molecular weight is 318 g/mol. The Morgan fingerprint density at radius 1 is 0.609 bits per heavy atom. The molecule has 0 aliphatic carbocycles. The molecule has 0 fully saturated rings. The molecule has 2 aromatic carbocycles. The molecule has 5 heteroatoms. The first-order valence-corrected chi connectivity index (χ1v) is 7.49. The van der Waals surface area contributed by atoms with Gasteiger partial charge in [0.1, 0.15) is 18.3 Å². The monoisotopic (exact) mass is 318 g/mol. The fourth-order valence-electron chi connectivity index (χ4n) is 2.64. The van der Waals surface area contributed by atoms with E-state index < -0.39 is 36.9 Å². The fraction of sp³-hybridized carbons (Fsp3) is 0.333. The maximum Gasteiger partial charge on any atom is 0.111 e. The van der Waals surface area contributed by atoms with Gasteiger partial charge in [-0.15, -0.1) is 0 Å². The largest absolute Gasteiger partial charge is 0.394 e. The smallest absolute Gasteiger partial charge is 0.111 e. The SMILES string of the molecule is OC[C@@H](O)[C@@H](O)[C@@H](O)[C@H](O)C(c1ccccc1)c1ccccc1. The summed E-state index contributed by atoms with van der Waals surface area (Å²) in [5.74, 6) is -0.576. The topological polar surface area (TPSA) is 101 Å². The Bertz CT molecular complexity index is 535. The van der Waals surface area contributed by atoms with Crippen molar-refractivity contribution < 1.29 is 25.5 Å². The van der Waals surface area contributed by atoms with E-state index in [0.717, 1.165) is 11.1 Å². The van der Waals surface area contributed by atoms with E-state index in [2.05, 4.69) is 0 Å². The van der Waals surface area contributed by atoms with Crippen molar-refractivity contribution in [1.82, 2.24) is 0 Å². The minimum absolute atomic E-state index is 0.576. The van der Waals surface area contributed by atoms with Crippen molar-refractivity contribution in [2.45, 2.75) is 30.3 Å². The Morgan fingerprint density at radius 2 is 1.04 bits per heavy atom. The molecule has 0 bridgehead atoms. The normalized spacial score (nSPS) is 16.8. The number of rotatable bonds is 7. The molecule has 0 saturated carbocycles. The second-order valence-electron chi connectivity index (χ2n) is 5.52. The quantitative estimate of drug-likeness (QED) is 0.504. The predicted molar refractivity (Wildman–Crippen MR) is 85.8 cm³/mol. The summed E-state index contributed by atoms with van der Waals surface area (Å²) in [6.07, 6.45) is -6.13. The van der Waals surface area contributed by atoms with Gasteiger partial charge in [0.15, 0.2) is 0 Å². The lowest BCUT2D eigenvalue weighted by Crippen LogP contribution is -2.48. The molecule has 0 amide bonds. The Hall–Kier alpha value is -1.76. The van der Waals surface area contributed by atoms with Crippen LogP contribution in [0, 0.1) is 0 Å². The van der Waals surface area contributed by atoms with Crippen molar-refractivity contribution in [1.29, 1.82) is 0 Å². The summed E-state index contributed by atoms with van der Waals surface area (Å²) in [5.41, 5.74) is 1.55. The standard InChI is InChI=1S/C18H22O5/c19-11-14(20)16(21)18(23)17(22)15(12-7-3-1-4-8-12)13-9-5-2-6-10-13/h1-10,14-23H,11H2/t14-,16-,17-,18-/m1/s1. The van der Waals surface area contributed by atoms with E-state index in [0.29, 0.717) is 0 Å². The molecule has 0 aliphatic heterocycles. The zero-order valence-corrected chi connectivity index (χ0v) is 12.6. The second kappa shape index (κ2) is 8.19. The molecule has 2 rings (SSSR count). The van der Waals surface area contributed by atoms with Gasteiger partial charge in [0, 0.05) is 5.92 Å². The van der Waals surface area contributed by atoms with Crippen LogP contribution in [0.1, 0.15) is 17.0 Å². The van der Waals surface area contributed by atoms with Crippen LogP contribution in [0.15, 0.2) is 60.7 Å². The highest BCUT2D eigenvalue weighted by atomic mass is 16.4. The minimum Gasteiger partial charge on any atom is -0.394 e. The number of hydrogen-bond acceptors (Lipinski definition) is 5. The highest BCUT2D eigenvalue weighted by molar-refractivity contribution is 5.34. The van der Waals surface area contributed by atoms with Crippen molar-refractivity contribution >= 4 is 0 Å². The number of aliphatic hydroxyl groups is 5. The van der Waals surface area contributed by atoms with Gasteiger partial charge in [-0.3, -0.25) is 0 Å². The Kier molecular flexibility index (Phi) is 6.27. The van der Waals surface area contributed by atoms with E-state index in [1.165, 1.54) is 0 Å². The Labute approximate surface area is 135 Å². The lowest BCUT2D eigenvalue weighted by Gasteiger charge is -2.31. The third-order valence-corrected chi connectivity index (χ3v) is 3.94. The molecule has 0 unspecified atom stereocenters. The van der Waals surface area contributed by atoms with Gasteiger partial charge < -0.3 is 25.5 Å². The molecule has 0 aromatic heterocycles. The van der Waals surface area contributed by atoms with Crippen LogP contribution in [0.3, 0.4) is 0 Å². The molecule has 5 nitrogen and oxygen atoms in total. The minimum atomic E-state index is -1.65. The molecular weight excluding hydrogens is 296 g/mol. The van der Waals surface area contributed by atoms with Gasteiger partial charge in [0.25, 0.3) is 0 Å².